The Hall–Kier alpha value is 1.83. The predicted molar refractivity (Wildman–Crippen MR) is 11.3 cm³/mol. The maximum atomic E-state index is 7.70. The van der Waals surface area contributed by atoms with Gasteiger partial charge in [0.05, 0.1) is 0 Å². The van der Waals surface area contributed by atoms with E-state index in [2.05, 4.69) is 3.31 Å². The summed E-state index contributed by atoms with van der Waals surface area (Å²) in [5, 5.41) is 15.4. The van der Waals surface area contributed by atoms with E-state index < -0.39 is 7.32 Å². The van der Waals surface area contributed by atoms with Crippen LogP contribution in [0, 0.1) is 35.6 Å². The summed E-state index contributed by atoms with van der Waals surface area (Å²) in [5.41, 5.74) is 0. The van der Waals surface area contributed by atoms with E-state index >= 15 is 0 Å². The predicted octanol–water partition coefficient (Wildman–Crippen LogP) is -1.57. The van der Waals surface area contributed by atoms with Crippen LogP contribution in [0.15, 0.2) is 0 Å². The average Bonchev–Trinajstić information content (AvgIpc) is 1.38. The summed E-state index contributed by atoms with van der Waals surface area (Å²) in [6.07, 6.45) is 0. The minimum atomic E-state index is -1.61. The maximum Gasteiger partial charge on any atom is 0 e. The fourth-order valence-electron chi connectivity index (χ4n) is 0. The molecule has 0 aromatic rings. The molecule has 0 aliphatic rings. The second-order valence-corrected chi connectivity index (χ2v) is 0.896. The Morgan fingerprint density at radius 2 is 1.67 bits per heavy atom. The molecule has 0 saturated carbocycles. The zero-order valence-corrected chi connectivity index (χ0v) is 8.50. The SMILES string of the molecule is OB(O)[O][Mo].[La]. The molecule has 6 heteroatoms. The zero-order valence-electron chi connectivity index (χ0n) is 2.87. The monoisotopic (exact) mass is 298 g/mol. The molecule has 0 unspecified atom stereocenters. The van der Waals surface area contributed by atoms with Crippen molar-refractivity contribution in [2.24, 2.45) is 0 Å². The molecule has 0 aromatic carbocycles. The quantitative estimate of drug-likeness (QED) is 0.575. The van der Waals surface area contributed by atoms with Gasteiger partial charge in [0.25, 0.3) is 0 Å². The van der Waals surface area contributed by atoms with E-state index in [4.69, 9.17) is 10.0 Å². The van der Waals surface area contributed by atoms with Gasteiger partial charge in [0.2, 0.25) is 0 Å². The van der Waals surface area contributed by atoms with Gasteiger partial charge in [-0.05, 0) is 0 Å². The summed E-state index contributed by atoms with van der Waals surface area (Å²) in [7, 11) is -1.61. The van der Waals surface area contributed by atoms with Gasteiger partial charge in [0, 0.05) is 35.6 Å². The van der Waals surface area contributed by atoms with Crippen molar-refractivity contribution in [3.63, 3.8) is 0 Å². The summed E-state index contributed by atoms with van der Waals surface area (Å²) >= 11 is 1.14. The molecule has 0 spiro atoms. The first-order chi connectivity index (χ1) is 2.27. The van der Waals surface area contributed by atoms with Gasteiger partial charge in [-0.15, -0.1) is 0 Å². The van der Waals surface area contributed by atoms with Gasteiger partial charge in [0.15, 0.2) is 0 Å². The molecule has 1 radical (unpaired) electrons. The van der Waals surface area contributed by atoms with E-state index in [1.165, 1.54) is 0 Å². The maximum absolute atomic E-state index is 7.70. The van der Waals surface area contributed by atoms with E-state index in [0.717, 1.165) is 20.2 Å². The Morgan fingerprint density at radius 1 is 1.50 bits per heavy atom. The fraction of sp³-hybridized carbons (Fsp3) is 0. The van der Waals surface area contributed by atoms with Crippen LogP contribution in [0.5, 0.6) is 0 Å². The van der Waals surface area contributed by atoms with Crippen molar-refractivity contribution in [2.45, 2.75) is 0 Å². The number of hydrogen-bond acceptors (Lipinski definition) is 3. The standard InChI is InChI=1S/BH2O3.La.Mo/c2-1(3)4;;/h2-3H;;/q-1;;+1. The zero-order chi connectivity index (χ0) is 4.28. The molecule has 2 N–H and O–H groups in total. The minimum absolute atomic E-state index is 0. The summed E-state index contributed by atoms with van der Waals surface area (Å²) in [6.45, 7) is 0. The van der Waals surface area contributed by atoms with E-state index in [-0.39, 0.29) is 35.6 Å². The molecular formula is H2BLaMoO3. The Bertz CT molecular complexity index is 24.8. The molecule has 0 heterocycles. The van der Waals surface area contributed by atoms with Crippen LogP contribution in [0.1, 0.15) is 0 Å². The van der Waals surface area contributed by atoms with Crippen molar-refractivity contribution >= 4 is 7.32 Å². The van der Waals surface area contributed by atoms with Crippen molar-refractivity contribution < 1.29 is 69.1 Å². The largest absolute Gasteiger partial charge is 0 e. The smallest absolute Gasteiger partial charge is 0 e. The third-order valence-electron chi connectivity index (χ3n) is 0.0861. The molecule has 0 aromatic heterocycles. The summed E-state index contributed by atoms with van der Waals surface area (Å²) in [6, 6.07) is 0. The van der Waals surface area contributed by atoms with E-state index in [0.29, 0.717) is 0 Å². The second-order valence-electron chi connectivity index (χ2n) is 0.423. The molecule has 0 rings (SSSR count). The van der Waals surface area contributed by atoms with Gasteiger partial charge in [-0.3, -0.25) is 0 Å². The molecule has 0 saturated heterocycles. The van der Waals surface area contributed by atoms with Crippen LogP contribution in [0.25, 0.3) is 0 Å². The van der Waals surface area contributed by atoms with E-state index in [1.54, 1.807) is 0 Å². The van der Waals surface area contributed by atoms with Crippen molar-refractivity contribution in [3.8, 4) is 0 Å². The number of rotatable bonds is 1. The fourth-order valence-corrected chi connectivity index (χ4v) is 0. The Balaban J connectivity index is 0. The van der Waals surface area contributed by atoms with Gasteiger partial charge in [-0.25, -0.2) is 0 Å². The molecule has 0 bridgehead atoms. The van der Waals surface area contributed by atoms with Crippen LogP contribution < -0.4 is 0 Å². The van der Waals surface area contributed by atoms with Crippen molar-refractivity contribution in [1.82, 2.24) is 0 Å². The van der Waals surface area contributed by atoms with Gasteiger partial charge in [-0.2, -0.15) is 0 Å². The molecule has 0 amide bonds. The molecule has 0 fully saturated rings. The molecule has 0 aliphatic carbocycles. The average molecular weight is 296 g/mol. The summed E-state index contributed by atoms with van der Waals surface area (Å²) in [4.78, 5) is 0. The van der Waals surface area contributed by atoms with E-state index in [9.17, 15) is 0 Å². The first-order valence-corrected chi connectivity index (χ1v) is 1.74. The molecule has 0 atom stereocenters. The van der Waals surface area contributed by atoms with Crippen LogP contribution in [0.4, 0.5) is 0 Å². The number of hydrogen-bond donors (Lipinski definition) is 2. The molecule has 6 heavy (non-hydrogen) atoms. The van der Waals surface area contributed by atoms with Crippen molar-refractivity contribution in [2.75, 3.05) is 0 Å². The van der Waals surface area contributed by atoms with Crippen LogP contribution in [-0.2, 0) is 23.5 Å². The van der Waals surface area contributed by atoms with Gasteiger partial charge in [-0.1, -0.05) is 0 Å². The van der Waals surface area contributed by atoms with Gasteiger partial charge in [0.1, 0.15) is 0 Å². The third kappa shape index (κ3) is 9.27. The first kappa shape index (κ1) is 10.7. The minimum Gasteiger partial charge on any atom is 0 e. The molecular weight excluding hydrogens is 294 g/mol. The molecule has 3 nitrogen and oxygen atoms in total. The van der Waals surface area contributed by atoms with Gasteiger partial charge >= 0.3 is 40.9 Å². The van der Waals surface area contributed by atoms with E-state index in [1.807, 2.05) is 0 Å². The Labute approximate surface area is 75.6 Å². The first-order valence-electron chi connectivity index (χ1n) is 0.919. The van der Waals surface area contributed by atoms with Crippen LogP contribution in [-0.4, -0.2) is 17.4 Å². The van der Waals surface area contributed by atoms with Crippen LogP contribution in [0.2, 0.25) is 0 Å². The van der Waals surface area contributed by atoms with Crippen LogP contribution >= 0.6 is 0 Å². The summed E-state index contributed by atoms with van der Waals surface area (Å²) < 4.78 is 3.87. The van der Waals surface area contributed by atoms with Crippen LogP contribution in [0.3, 0.4) is 0 Å². The second kappa shape index (κ2) is 6.83. The molecule has 0 aliphatic heterocycles. The molecule has 32 valence electrons. The topological polar surface area (TPSA) is 49.7 Å². The normalized spacial score (nSPS) is 6.33. The van der Waals surface area contributed by atoms with Crippen molar-refractivity contribution in [1.29, 1.82) is 0 Å². The Morgan fingerprint density at radius 3 is 1.67 bits per heavy atom. The third-order valence-corrected chi connectivity index (χ3v) is 0.509. The van der Waals surface area contributed by atoms with Crippen molar-refractivity contribution in [3.05, 3.63) is 0 Å². The van der Waals surface area contributed by atoms with Gasteiger partial charge < -0.3 is 0 Å². The Kier molecular flexibility index (Phi) is 12.2. The summed E-state index contributed by atoms with van der Waals surface area (Å²) in [5.74, 6) is 0.